The third kappa shape index (κ3) is 4.11. The lowest BCUT2D eigenvalue weighted by Crippen LogP contribution is -2.48. The molecule has 19 heavy (non-hydrogen) atoms. The normalized spacial score (nSPS) is 18.6. The lowest BCUT2D eigenvalue weighted by atomic mass is 10.1. The van der Waals surface area contributed by atoms with Gasteiger partial charge in [0.1, 0.15) is 5.82 Å². The summed E-state index contributed by atoms with van der Waals surface area (Å²) in [5.41, 5.74) is 1.13. The Hall–Kier alpha value is -0.740. The molecule has 2 nitrogen and oxygen atoms in total. The van der Waals surface area contributed by atoms with Crippen molar-refractivity contribution in [1.29, 1.82) is 0 Å². The molecule has 0 saturated carbocycles. The van der Waals surface area contributed by atoms with Crippen molar-refractivity contribution in [1.82, 2.24) is 4.90 Å². The molecule has 1 aromatic carbocycles. The Morgan fingerprint density at radius 2 is 1.79 bits per heavy atom. The number of hydrogen-bond donors (Lipinski definition) is 1. The third-order valence-electron chi connectivity index (χ3n) is 3.92. The van der Waals surface area contributed by atoms with Gasteiger partial charge in [0.25, 0.3) is 0 Å². The second-order valence-corrected chi connectivity index (χ2v) is 5.59. The first kappa shape index (κ1) is 14.7. The van der Waals surface area contributed by atoms with Crippen molar-refractivity contribution in [2.45, 2.75) is 13.3 Å². The van der Waals surface area contributed by atoms with E-state index in [2.05, 4.69) is 29.4 Å². The van der Waals surface area contributed by atoms with Crippen LogP contribution in [0, 0.1) is 11.7 Å². The van der Waals surface area contributed by atoms with Crippen LogP contribution in [-0.4, -0.2) is 43.4 Å². The molecule has 1 aliphatic rings. The summed E-state index contributed by atoms with van der Waals surface area (Å²) in [6, 6.07) is 6.81. The summed E-state index contributed by atoms with van der Waals surface area (Å²) < 4.78 is 12.9. The Kier molecular flexibility index (Phi) is 5.52. The van der Waals surface area contributed by atoms with E-state index in [0.717, 1.165) is 44.2 Å². The van der Waals surface area contributed by atoms with Crippen molar-refractivity contribution in [2.75, 3.05) is 43.4 Å². The zero-order valence-corrected chi connectivity index (χ0v) is 12.5. The van der Waals surface area contributed by atoms with Crippen LogP contribution in [0.1, 0.15) is 13.3 Å². The van der Waals surface area contributed by atoms with Crippen LogP contribution in [-0.2, 0) is 0 Å². The Labute approximate surface area is 121 Å². The van der Waals surface area contributed by atoms with Crippen molar-refractivity contribution < 1.29 is 4.39 Å². The quantitative estimate of drug-likeness (QED) is 0.830. The van der Waals surface area contributed by atoms with E-state index < -0.39 is 0 Å². The fourth-order valence-corrected chi connectivity index (χ4v) is 2.90. The molecule has 1 aromatic rings. The van der Waals surface area contributed by atoms with Gasteiger partial charge in [-0.3, -0.25) is 4.90 Å². The number of anilines is 1. The smallest absolute Gasteiger partial charge is 0.123 e. The maximum absolute atomic E-state index is 12.9. The molecule has 0 radical (unpaired) electrons. The Balaban J connectivity index is 1.83. The molecule has 0 N–H and O–H groups in total. The molecule has 0 spiro atoms. The monoisotopic (exact) mass is 282 g/mol. The summed E-state index contributed by atoms with van der Waals surface area (Å²) in [5.74, 6) is 1.50. The highest BCUT2D eigenvalue weighted by Gasteiger charge is 2.19. The number of thiol groups is 1. The predicted octanol–water partition coefficient (Wildman–Crippen LogP) is 2.90. The van der Waals surface area contributed by atoms with E-state index >= 15 is 0 Å². The van der Waals surface area contributed by atoms with E-state index in [1.807, 2.05) is 12.1 Å². The van der Waals surface area contributed by atoms with Crippen molar-refractivity contribution >= 4 is 18.3 Å². The van der Waals surface area contributed by atoms with Gasteiger partial charge < -0.3 is 4.90 Å². The number of rotatable bonds is 5. The summed E-state index contributed by atoms with van der Waals surface area (Å²) in [4.78, 5) is 4.85. The summed E-state index contributed by atoms with van der Waals surface area (Å²) in [6.45, 7) is 7.60. The zero-order valence-electron chi connectivity index (χ0n) is 11.6. The topological polar surface area (TPSA) is 6.48 Å². The van der Waals surface area contributed by atoms with Gasteiger partial charge in [0.2, 0.25) is 0 Å². The van der Waals surface area contributed by atoms with E-state index in [-0.39, 0.29) is 5.82 Å². The van der Waals surface area contributed by atoms with Crippen LogP contribution in [0.15, 0.2) is 24.3 Å². The van der Waals surface area contributed by atoms with Crippen molar-refractivity contribution in [3.63, 3.8) is 0 Å². The predicted molar refractivity (Wildman–Crippen MR) is 82.7 cm³/mol. The van der Waals surface area contributed by atoms with Gasteiger partial charge in [-0.2, -0.15) is 12.6 Å². The molecule has 1 atom stereocenters. The first-order chi connectivity index (χ1) is 9.22. The van der Waals surface area contributed by atoms with Gasteiger partial charge in [0, 0.05) is 38.4 Å². The largest absolute Gasteiger partial charge is 0.369 e. The fourth-order valence-electron chi connectivity index (χ4n) is 2.52. The van der Waals surface area contributed by atoms with Gasteiger partial charge in [-0.25, -0.2) is 4.39 Å². The second kappa shape index (κ2) is 7.15. The molecule has 1 saturated heterocycles. The van der Waals surface area contributed by atoms with E-state index in [9.17, 15) is 4.39 Å². The molecule has 1 heterocycles. The standard InChI is InChI=1S/C15H23FN2S/c1-2-13(12-19)11-17-7-9-18(10-8-17)15-5-3-14(16)4-6-15/h3-6,13,19H,2,7-12H2,1H3. The van der Waals surface area contributed by atoms with Crippen LogP contribution in [0.5, 0.6) is 0 Å². The van der Waals surface area contributed by atoms with Crippen molar-refractivity contribution in [2.24, 2.45) is 5.92 Å². The van der Waals surface area contributed by atoms with Crippen LogP contribution >= 0.6 is 12.6 Å². The van der Waals surface area contributed by atoms with Crippen molar-refractivity contribution in [3.05, 3.63) is 30.1 Å². The Morgan fingerprint density at radius 3 is 2.32 bits per heavy atom. The summed E-state index contributed by atoms with van der Waals surface area (Å²) in [7, 11) is 0. The third-order valence-corrected chi connectivity index (χ3v) is 4.43. The first-order valence-corrected chi connectivity index (χ1v) is 7.70. The average Bonchev–Trinajstić information content (AvgIpc) is 2.46. The SMILES string of the molecule is CCC(CS)CN1CCN(c2ccc(F)cc2)CC1. The van der Waals surface area contributed by atoms with Gasteiger partial charge in [0.15, 0.2) is 0 Å². The summed E-state index contributed by atoms with van der Waals surface area (Å²) >= 11 is 4.41. The fraction of sp³-hybridized carbons (Fsp3) is 0.600. The van der Waals surface area contributed by atoms with Gasteiger partial charge in [-0.05, 0) is 35.9 Å². The van der Waals surface area contributed by atoms with Gasteiger partial charge in [0.05, 0.1) is 0 Å². The molecule has 1 aliphatic heterocycles. The molecule has 1 fully saturated rings. The van der Waals surface area contributed by atoms with Crippen LogP contribution in [0.3, 0.4) is 0 Å². The minimum absolute atomic E-state index is 0.165. The highest BCUT2D eigenvalue weighted by atomic mass is 32.1. The molecule has 0 bridgehead atoms. The summed E-state index contributed by atoms with van der Waals surface area (Å²) in [6.07, 6.45) is 1.20. The lowest BCUT2D eigenvalue weighted by molar-refractivity contribution is 0.224. The van der Waals surface area contributed by atoms with Crippen LogP contribution in [0.2, 0.25) is 0 Å². The first-order valence-electron chi connectivity index (χ1n) is 7.06. The van der Waals surface area contributed by atoms with Gasteiger partial charge in [-0.15, -0.1) is 0 Å². The second-order valence-electron chi connectivity index (χ2n) is 5.22. The number of hydrogen-bond acceptors (Lipinski definition) is 3. The van der Waals surface area contributed by atoms with Crippen LogP contribution in [0.4, 0.5) is 10.1 Å². The number of benzene rings is 1. The van der Waals surface area contributed by atoms with Gasteiger partial charge >= 0.3 is 0 Å². The Morgan fingerprint density at radius 1 is 1.16 bits per heavy atom. The lowest BCUT2D eigenvalue weighted by Gasteiger charge is -2.37. The molecule has 1 unspecified atom stereocenters. The minimum Gasteiger partial charge on any atom is -0.369 e. The zero-order chi connectivity index (χ0) is 13.7. The van der Waals surface area contributed by atoms with Crippen LogP contribution < -0.4 is 4.90 Å². The van der Waals surface area contributed by atoms with Crippen LogP contribution in [0.25, 0.3) is 0 Å². The minimum atomic E-state index is -0.165. The van der Waals surface area contributed by atoms with E-state index in [0.29, 0.717) is 5.92 Å². The highest BCUT2D eigenvalue weighted by Crippen LogP contribution is 2.18. The van der Waals surface area contributed by atoms with E-state index in [1.54, 1.807) is 0 Å². The molecule has 4 heteroatoms. The maximum Gasteiger partial charge on any atom is 0.123 e. The van der Waals surface area contributed by atoms with Crippen molar-refractivity contribution in [3.8, 4) is 0 Å². The number of nitrogens with zero attached hydrogens (tertiary/aromatic N) is 2. The number of halogens is 1. The molecule has 0 aromatic heterocycles. The molecule has 106 valence electrons. The molecule has 0 amide bonds. The van der Waals surface area contributed by atoms with Gasteiger partial charge in [-0.1, -0.05) is 13.3 Å². The maximum atomic E-state index is 12.9. The Bertz CT molecular complexity index is 370. The molecular weight excluding hydrogens is 259 g/mol. The highest BCUT2D eigenvalue weighted by molar-refractivity contribution is 7.80. The average molecular weight is 282 g/mol. The summed E-state index contributed by atoms with van der Waals surface area (Å²) in [5, 5.41) is 0. The number of piperazine rings is 1. The van der Waals surface area contributed by atoms with E-state index in [1.165, 1.54) is 18.6 Å². The molecule has 0 aliphatic carbocycles. The van der Waals surface area contributed by atoms with E-state index in [4.69, 9.17) is 0 Å². The molecule has 2 rings (SSSR count). The molecular formula is C15H23FN2S.